The molecular formula is C15H31N3O. The molecule has 0 bridgehead atoms. The van der Waals surface area contributed by atoms with E-state index in [9.17, 15) is 4.79 Å². The molecule has 0 aromatic carbocycles. The number of amides is 1. The molecule has 0 radical (unpaired) electrons. The van der Waals surface area contributed by atoms with Gasteiger partial charge in [-0.15, -0.1) is 0 Å². The van der Waals surface area contributed by atoms with Crippen molar-refractivity contribution in [2.75, 3.05) is 20.1 Å². The van der Waals surface area contributed by atoms with Crippen molar-refractivity contribution in [2.45, 2.75) is 64.5 Å². The molecule has 1 fully saturated rings. The lowest BCUT2D eigenvalue weighted by Crippen LogP contribution is -2.55. The minimum Gasteiger partial charge on any atom is -0.368 e. The van der Waals surface area contributed by atoms with Crippen LogP contribution in [0, 0.1) is 5.92 Å². The second-order valence-electron chi connectivity index (χ2n) is 6.24. The average molecular weight is 269 g/mol. The Morgan fingerprint density at radius 1 is 1.47 bits per heavy atom. The predicted octanol–water partition coefficient (Wildman–Crippen LogP) is 1.74. The monoisotopic (exact) mass is 269 g/mol. The van der Waals surface area contributed by atoms with Crippen molar-refractivity contribution >= 4 is 5.91 Å². The number of primary amides is 1. The number of nitrogens with zero attached hydrogens (tertiary/aromatic N) is 1. The molecule has 1 rings (SSSR count). The van der Waals surface area contributed by atoms with Crippen LogP contribution in [0.4, 0.5) is 0 Å². The van der Waals surface area contributed by atoms with Crippen LogP contribution in [-0.2, 0) is 4.79 Å². The molecule has 1 saturated heterocycles. The summed E-state index contributed by atoms with van der Waals surface area (Å²) < 4.78 is 0. The number of nitrogens with one attached hydrogen (secondary N) is 1. The van der Waals surface area contributed by atoms with Gasteiger partial charge in [-0.25, -0.2) is 0 Å². The lowest BCUT2D eigenvalue weighted by molar-refractivity contribution is -0.124. The Morgan fingerprint density at radius 3 is 2.68 bits per heavy atom. The lowest BCUT2D eigenvalue weighted by atomic mass is 9.92. The largest absolute Gasteiger partial charge is 0.368 e. The van der Waals surface area contributed by atoms with E-state index in [4.69, 9.17) is 5.73 Å². The SMILES string of the molecule is CCC1CCCN(C(C)CC(C)(NC)C(N)=O)CC1. The van der Waals surface area contributed by atoms with Crippen LogP contribution in [0.15, 0.2) is 0 Å². The van der Waals surface area contributed by atoms with Gasteiger partial charge in [0.2, 0.25) is 5.91 Å². The van der Waals surface area contributed by atoms with Gasteiger partial charge in [0, 0.05) is 6.04 Å². The molecule has 1 heterocycles. The number of rotatable bonds is 6. The maximum absolute atomic E-state index is 11.6. The van der Waals surface area contributed by atoms with Crippen LogP contribution in [0.3, 0.4) is 0 Å². The van der Waals surface area contributed by atoms with E-state index >= 15 is 0 Å². The van der Waals surface area contributed by atoms with Gasteiger partial charge in [-0.2, -0.15) is 0 Å². The number of likely N-dealkylation sites (tertiary alicyclic amines) is 1. The molecule has 3 unspecified atom stereocenters. The van der Waals surface area contributed by atoms with E-state index in [-0.39, 0.29) is 5.91 Å². The van der Waals surface area contributed by atoms with E-state index in [1.807, 2.05) is 14.0 Å². The summed E-state index contributed by atoms with van der Waals surface area (Å²) in [5.41, 5.74) is 4.91. The van der Waals surface area contributed by atoms with E-state index in [1.54, 1.807) is 0 Å². The average Bonchev–Trinajstić information content (AvgIpc) is 2.63. The fraction of sp³-hybridized carbons (Fsp3) is 0.933. The Labute approximate surface area is 118 Å². The second kappa shape index (κ2) is 7.25. The molecular weight excluding hydrogens is 238 g/mol. The molecule has 0 spiro atoms. The van der Waals surface area contributed by atoms with Crippen LogP contribution in [0.2, 0.25) is 0 Å². The Kier molecular flexibility index (Phi) is 6.27. The number of nitrogens with two attached hydrogens (primary N) is 1. The first-order valence-corrected chi connectivity index (χ1v) is 7.65. The van der Waals surface area contributed by atoms with E-state index in [0.29, 0.717) is 6.04 Å². The highest BCUT2D eigenvalue weighted by molar-refractivity contribution is 5.84. The zero-order valence-corrected chi connectivity index (χ0v) is 13.0. The number of hydrogen-bond acceptors (Lipinski definition) is 3. The quantitative estimate of drug-likeness (QED) is 0.772. The second-order valence-corrected chi connectivity index (χ2v) is 6.24. The van der Waals surface area contributed by atoms with E-state index in [0.717, 1.165) is 25.4 Å². The molecule has 112 valence electrons. The van der Waals surface area contributed by atoms with Crippen molar-refractivity contribution in [3.63, 3.8) is 0 Å². The highest BCUT2D eigenvalue weighted by Gasteiger charge is 2.33. The first-order valence-electron chi connectivity index (χ1n) is 7.65. The van der Waals surface area contributed by atoms with E-state index in [1.165, 1.54) is 25.7 Å². The van der Waals surface area contributed by atoms with Crippen molar-refractivity contribution < 1.29 is 4.79 Å². The van der Waals surface area contributed by atoms with Crippen molar-refractivity contribution in [2.24, 2.45) is 11.7 Å². The zero-order valence-electron chi connectivity index (χ0n) is 13.0. The number of hydrogen-bond donors (Lipinski definition) is 2. The fourth-order valence-electron chi connectivity index (χ4n) is 3.08. The minimum atomic E-state index is -0.601. The normalized spacial score (nSPS) is 26.4. The van der Waals surface area contributed by atoms with Gasteiger partial charge in [0.25, 0.3) is 0 Å². The highest BCUT2D eigenvalue weighted by Crippen LogP contribution is 2.24. The van der Waals surface area contributed by atoms with Gasteiger partial charge in [0.05, 0.1) is 5.54 Å². The Balaban J connectivity index is 2.57. The van der Waals surface area contributed by atoms with Gasteiger partial charge in [-0.3, -0.25) is 4.79 Å². The summed E-state index contributed by atoms with van der Waals surface area (Å²) >= 11 is 0. The number of carbonyl (C=O) groups excluding carboxylic acids is 1. The molecule has 0 saturated carbocycles. The van der Waals surface area contributed by atoms with Crippen molar-refractivity contribution in [1.82, 2.24) is 10.2 Å². The minimum absolute atomic E-state index is 0.261. The van der Waals surface area contributed by atoms with Crippen molar-refractivity contribution in [3.05, 3.63) is 0 Å². The van der Waals surface area contributed by atoms with Crippen LogP contribution < -0.4 is 11.1 Å². The van der Waals surface area contributed by atoms with Gasteiger partial charge in [-0.05, 0) is 65.6 Å². The fourth-order valence-corrected chi connectivity index (χ4v) is 3.08. The van der Waals surface area contributed by atoms with Gasteiger partial charge in [0.1, 0.15) is 0 Å². The Morgan fingerprint density at radius 2 is 2.16 bits per heavy atom. The first-order chi connectivity index (χ1) is 8.92. The molecule has 4 heteroatoms. The Hall–Kier alpha value is -0.610. The molecule has 0 aromatic rings. The Bertz CT molecular complexity index is 295. The lowest BCUT2D eigenvalue weighted by Gasteiger charge is -2.34. The van der Waals surface area contributed by atoms with Gasteiger partial charge in [0.15, 0.2) is 0 Å². The first kappa shape index (κ1) is 16.4. The van der Waals surface area contributed by atoms with Crippen molar-refractivity contribution in [1.29, 1.82) is 0 Å². The maximum atomic E-state index is 11.6. The summed E-state index contributed by atoms with van der Waals surface area (Å²) in [6, 6.07) is 0.389. The molecule has 4 nitrogen and oxygen atoms in total. The van der Waals surface area contributed by atoms with Gasteiger partial charge < -0.3 is 16.0 Å². The molecule has 19 heavy (non-hydrogen) atoms. The standard InChI is InChI=1S/C15H31N3O/c1-5-13-7-6-9-18(10-8-13)12(2)11-15(3,17-4)14(16)19/h12-13,17H,5-11H2,1-4H3,(H2,16,19). The van der Waals surface area contributed by atoms with Crippen molar-refractivity contribution in [3.8, 4) is 0 Å². The van der Waals surface area contributed by atoms with Crippen LogP contribution in [0.5, 0.6) is 0 Å². The summed E-state index contributed by atoms with van der Waals surface area (Å²) in [6.45, 7) is 8.70. The van der Waals surface area contributed by atoms with Crippen LogP contribution in [0.1, 0.15) is 52.9 Å². The van der Waals surface area contributed by atoms with Crippen LogP contribution in [-0.4, -0.2) is 42.5 Å². The van der Waals surface area contributed by atoms with Gasteiger partial charge >= 0.3 is 0 Å². The molecule has 3 atom stereocenters. The molecule has 0 aromatic heterocycles. The van der Waals surface area contributed by atoms with Crippen LogP contribution >= 0.6 is 0 Å². The van der Waals surface area contributed by atoms with Crippen LogP contribution in [0.25, 0.3) is 0 Å². The number of carbonyl (C=O) groups is 1. The molecule has 0 aliphatic carbocycles. The summed E-state index contributed by atoms with van der Waals surface area (Å²) in [4.78, 5) is 14.1. The predicted molar refractivity (Wildman–Crippen MR) is 79.9 cm³/mol. The third-order valence-electron chi connectivity index (χ3n) is 4.88. The summed E-state index contributed by atoms with van der Waals surface area (Å²) in [5.74, 6) is 0.618. The van der Waals surface area contributed by atoms with E-state index < -0.39 is 5.54 Å². The zero-order chi connectivity index (χ0) is 14.5. The molecule has 1 amide bonds. The summed E-state index contributed by atoms with van der Waals surface area (Å²) in [7, 11) is 1.81. The highest BCUT2D eigenvalue weighted by atomic mass is 16.1. The molecule has 3 N–H and O–H groups in total. The maximum Gasteiger partial charge on any atom is 0.237 e. The third-order valence-corrected chi connectivity index (χ3v) is 4.88. The molecule has 1 aliphatic heterocycles. The molecule has 1 aliphatic rings. The van der Waals surface area contributed by atoms with Gasteiger partial charge in [-0.1, -0.05) is 13.3 Å². The third kappa shape index (κ3) is 4.46. The number of likely N-dealkylation sites (N-methyl/N-ethyl adjacent to an activating group) is 1. The summed E-state index contributed by atoms with van der Waals surface area (Å²) in [5, 5.41) is 3.08. The topological polar surface area (TPSA) is 58.4 Å². The smallest absolute Gasteiger partial charge is 0.237 e. The summed E-state index contributed by atoms with van der Waals surface area (Å²) in [6.07, 6.45) is 5.97. The van der Waals surface area contributed by atoms with E-state index in [2.05, 4.69) is 24.1 Å².